The molecule has 0 aromatic heterocycles. The number of isocyanates is 1. The largest absolute Gasteiger partial charge is 0.269 e. The van der Waals surface area contributed by atoms with E-state index in [2.05, 4.69) is 4.99 Å². The van der Waals surface area contributed by atoms with Crippen LogP contribution in [-0.4, -0.2) is 29.5 Å². The van der Waals surface area contributed by atoms with Crippen molar-refractivity contribution < 1.29 is 14.4 Å². The van der Waals surface area contributed by atoms with Gasteiger partial charge in [-0.2, -0.15) is 4.99 Å². The lowest BCUT2D eigenvalue weighted by atomic mass is 10.6. The number of carbonyl (C=O) groups is 2. The molecule has 5 nitrogen and oxygen atoms in total. The maximum atomic E-state index is 10.7. The van der Waals surface area contributed by atoms with E-state index in [0.29, 0.717) is 0 Å². The van der Waals surface area contributed by atoms with Gasteiger partial charge >= 0.3 is 0 Å². The highest BCUT2D eigenvalue weighted by atomic mass is 16.2. The number of rotatable bonds is 2. The van der Waals surface area contributed by atoms with Crippen LogP contribution < -0.4 is 0 Å². The number of hydrogen-bond donors (Lipinski definition) is 0. The molecule has 0 aromatic carbocycles. The van der Waals surface area contributed by atoms with Crippen LogP contribution in [0, 0.1) is 0 Å². The standard InChI is InChI=1S/C6H4N2O3/c9-4-7-3-8-5(10)1-2-6(8)11/h1-2H,3H2. The van der Waals surface area contributed by atoms with E-state index in [1.165, 1.54) is 6.08 Å². The average molecular weight is 152 g/mol. The molecular formula is C6H4N2O3. The van der Waals surface area contributed by atoms with E-state index in [1.54, 1.807) is 0 Å². The summed E-state index contributed by atoms with van der Waals surface area (Å²) >= 11 is 0. The van der Waals surface area contributed by atoms with E-state index >= 15 is 0 Å². The molecule has 0 N–H and O–H groups in total. The molecule has 2 amide bonds. The highest BCUT2D eigenvalue weighted by Gasteiger charge is 2.22. The molecule has 0 radical (unpaired) electrons. The van der Waals surface area contributed by atoms with Gasteiger partial charge in [-0.15, -0.1) is 0 Å². The fourth-order valence-corrected chi connectivity index (χ4v) is 0.670. The minimum Gasteiger partial charge on any atom is -0.269 e. The molecule has 1 rings (SSSR count). The Hall–Kier alpha value is -1.74. The van der Waals surface area contributed by atoms with Gasteiger partial charge in [0.2, 0.25) is 6.08 Å². The Kier molecular flexibility index (Phi) is 1.94. The van der Waals surface area contributed by atoms with Crippen molar-refractivity contribution in [3.05, 3.63) is 12.2 Å². The zero-order valence-corrected chi connectivity index (χ0v) is 5.48. The molecule has 0 spiro atoms. The first kappa shape index (κ1) is 7.37. The van der Waals surface area contributed by atoms with Crippen LogP contribution in [0.3, 0.4) is 0 Å². The molecule has 1 heterocycles. The van der Waals surface area contributed by atoms with Crippen molar-refractivity contribution in [1.82, 2.24) is 4.90 Å². The topological polar surface area (TPSA) is 66.8 Å². The lowest BCUT2D eigenvalue weighted by Gasteiger charge is -2.07. The van der Waals surface area contributed by atoms with Crippen LogP contribution in [0.25, 0.3) is 0 Å². The van der Waals surface area contributed by atoms with Gasteiger partial charge in [0.25, 0.3) is 11.8 Å². The predicted molar refractivity (Wildman–Crippen MR) is 34.0 cm³/mol. The molecule has 0 fully saturated rings. The summed E-state index contributed by atoms with van der Waals surface area (Å²) in [6.45, 7) is -0.242. The minimum absolute atomic E-state index is 0.242. The van der Waals surface area contributed by atoms with Crippen molar-refractivity contribution >= 4 is 17.9 Å². The molecule has 0 saturated carbocycles. The SMILES string of the molecule is O=C=NCN1C(=O)C=CC1=O. The van der Waals surface area contributed by atoms with Crippen LogP contribution in [-0.2, 0) is 14.4 Å². The molecule has 0 bridgehead atoms. The van der Waals surface area contributed by atoms with Crippen molar-refractivity contribution in [3.63, 3.8) is 0 Å². The molecule has 56 valence electrons. The smallest absolute Gasteiger partial charge is 0.255 e. The molecule has 0 unspecified atom stereocenters. The molecule has 0 aliphatic carbocycles. The van der Waals surface area contributed by atoms with Crippen LogP contribution in [0.15, 0.2) is 17.1 Å². The second kappa shape index (κ2) is 2.90. The second-order valence-corrected chi connectivity index (χ2v) is 1.83. The molecular weight excluding hydrogens is 148 g/mol. The first-order valence-electron chi connectivity index (χ1n) is 2.83. The van der Waals surface area contributed by atoms with E-state index in [9.17, 15) is 14.4 Å². The van der Waals surface area contributed by atoms with Gasteiger partial charge in [-0.3, -0.25) is 14.5 Å². The maximum absolute atomic E-state index is 10.7. The normalized spacial score (nSPS) is 15.5. The van der Waals surface area contributed by atoms with Crippen LogP contribution in [0.5, 0.6) is 0 Å². The number of carbonyl (C=O) groups excluding carboxylic acids is 3. The van der Waals surface area contributed by atoms with Crippen LogP contribution in [0.1, 0.15) is 0 Å². The fraction of sp³-hybridized carbons (Fsp3) is 0.167. The van der Waals surface area contributed by atoms with E-state index in [0.717, 1.165) is 17.1 Å². The van der Waals surface area contributed by atoms with Crippen molar-refractivity contribution in [3.8, 4) is 0 Å². The summed E-state index contributed by atoms with van der Waals surface area (Å²) in [5, 5.41) is 0. The Bertz CT molecular complexity index is 258. The first-order valence-corrected chi connectivity index (χ1v) is 2.83. The fourth-order valence-electron chi connectivity index (χ4n) is 0.670. The van der Waals surface area contributed by atoms with Gasteiger partial charge in [0.1, 0.15) is 6.67 Å². The van der Waals surface area contributed by atoms with Crippen LogP contribution in [0.4, 0.5) is 0 Å². The number of nitrogens with zero attached hydrogens (tertiary/aromatic N) is 2. The number of imide groups is 1. The summed E-state index contributed by atoms with van der Waals surface area (Å²) in [6, 6.07) is 0. The van der Waals surface area contributed by atoms with Crippen molar-refractivity contribution in [2.24, 2.45) is 4.99 Å². The van der Waals surface area contributed by atoms with Crippen LogP contribution >= 0.6 is 0 Å². The number of hydrogen-bond acceptors (Lipinski definition) is 4. The van der Waals surface area contributed by atoms with Gasteiger partial charge in [-0.05, 0) is 0 Å². The highest BCUT2D eigenvalue weighted by Crippen LogP contribution is 2.01. The summed E-state index contributed by atoms with van der Waals surface area (Å²) in [6.07, 6.45) is 3.49. The molecule has 1 aliphatic heterocycles. The highest BCUT2D eigenvalue weighted by molar-refractivity contribution is 6.12. The summed E-state index contributed by atoms with van der Waals surface area (Å²) in [5.74, 6) is -0.900. The zero-order chi connectivity index (χ0) is 8.27. The third-order valence-electron chi connectivity index (χ3n) is 1.18. The van der Waals surface area contributed by atoms with E-state index in [-0.39, 0.29) is 6.67 Å². The minimum atomic E-state index is -0.450. The van der Waals surface area contributed by atoms with Gasteiger partial charge < -0.3 is 0 Å². The van der Waals surface area contributed by atoms with Gasteiger partial charge in [-0.25, -0.2) is 4.79 Å². The van der Waals surface area contributed by atoms with Gasteiger partial charge in [-0.1, -0.05) is 0 Å². The molecule has 0 atom stereocenters. The Morgan fingerprint density at radius 2 is 1.91 bits per heavy atom. The Morgan fingerprint density at radius 1 is 1.36 bits per heavy atom. The lowest BCUT2D eigenvalue weighted by Crippen LogP contribution is -2.29. The molecule has 5 heteroatoms. The molecule has 11 heavy (non-hydrogen) atoms. The first-order chi connectivity index (χ1) is 5.25. The van der Waals surface area contributed by atoms with Crippen LogP contribution in [0.2, 0.25) is 0 Å². The molecule has 1 aliphatic rings. The summed E-state index contributed by atoms with van der Waals surface area (Å²) in [5.41, 5.74) is 0. The van der Waals surface area contributed by atoms with Gasteiger partial charge in [0.15, 0.2) is 0 Å². The predicted octanol–water partition coefficient (Wildman–Crippen LogP) is -0.795. The van der Waals surface area contributed by atoms with Gasteiger partial charge in [0, 0.05) is 12.2 Å². The van der Waals surface area contributed by atoms with E-state index in [1.807, 2.05) is 0 Å². The van der Waals surface area contributed by atoms with E-state index < -0.39 is 11.8 Å². The van der Waals surface area contributed by atoms with E-state index in [4.69, 9.17) is 0 Å². The molecule has 0 aromatic rings. The number of aliphatic imine (C=N–C) groups is 1. The Balaban J connectivity index is 2.66. The van der Waals surface area contributed by atoms with Crippen molar-refractivity contribution in [2.45, 2.75) is 0 Å². The Morgan fingerprint density at radius 3 is 2.36 bits per heavy atom. The maximum Gasteiger partial charge on any atom is 0.255 e. The van der Waals surface area contributed by atoms with Crippen molar-refractivity contribution in [2.75, 3.05) is 6.67 Å². The van der Waals surface area contributed by atoms with Gasteiger partial charge in [0.05, 0.1) is 0 Å². The monoisotopic (exact) mass is 152 g/mol. The lowest BCUT2D eigenvalue weighted by molar-refractivity contribution is -0.136. The summed E-state index contributed by atoms with van der Waals surface area (Å²) in [4.78, 5) is 35.0. The third-order valence-corrected chi connectivity index (χ3v) is 1.18. The quantitative estimate of drug-likeness (QED) is 0.295. The molecule has 0 saturated heterocycles. The second-order valence-electron chi connectivity index (χ2n) is 1.83. The third kappa shape index (κ3) is 1.39. The average Bonchev–Trinajstić information content (AvgIpc) is 2.29. The number of amides is 2. The zero-order valence-electron chi connectivity index (χ0n) is 5.48. The Labute approximate surface area is 62.0 Å². The van der Waals surface area contributed by atoms with Crippen molar-refractivity contribution in [1.29, 1.82) is 0 Å². The summed E-state index contributed by atoms with van der Waals surface area (Å²) in [7, 11) is 0. The summed E-state index contributed by atoms with van der Waals surface area (Å²) < 4.78 is 0.